The fourth-order valence-corrected chi connectivity index (χ4v) is 1.91. The van der Waals surface area contributed by atoms with Crippen LogP contribution in [0.2, 0.25) is 0 Å². The summed E-state index contributed by atoms with van der Waals surface area (Å²) in [7, 11) is 5.88. The van der Waals surface area contributed by atoms with Gasteiger partial charge in [-0.15, -0.1) is 12.4 Å². The zero-order valence-electron chi connectivity index (χ0n) is 10.5. The van der Waals surface area contributed by atoms with Gasteiger partial charge in [-0.2, -0.15) is 4.73 Å². The first-order valence-corrected chi connectivity index (χ1v) is 5.50. The van der Waals surface area contributed by atoms with Gasteiger partial charge in [-0.25, -0.2) is 0 Å². The van der Waals surface area contributed by atoms with Crippen molar-refractivity contribution in [2.45, 2.75) is 6.42 Å². The van der Waals surface area contributed by atoms with E-state index in [0.717, 1.165) is 18.5 Å². The molecule has 0 aliphatic heterocycles. The van der Waals surface area contributed by atoms with Gasteiger partial charge in [0, 0.05) is 18.1 Å². The lowest BCUT2D eigenvalue weighted by molar-refractivity contribution is 0.179. The van der Waals surface area contributed by atoms with Crippen LogP contribution < -0.4 is 4.84 Å². The van der Waals surface area contributed by atoms with Crippen molar-refractivity contribution in [3.63, 3.8) is 0 Å². The number of hydrogen-bond acceptors (Lipinski definition) is 2. The van der Waals surface area contributed by atoms with Crippen molar-refractivity contribution >= 4 is 23.3 Å². The highest BCUT2D eigenvalue weighted by atomic mass is 35.5. The largest absolute Gasteiger partial charge is 0.417 e. The van der Waals surface area contributed by atoms with Gasteiger partial charge < -0.3 is 9.74 Å². The van der Waals surface area contributed by atoms with E-state index in [1.54, 1.807) is 7.11 Å². The Morgan fingerprint density at radius 2 is 1.94 bits per heavy atom. The summed E-state index contributed by atoms with van der Waals surface area (Å²) in [4.78, 5) is 7.51. The number of fused-ring (bicyclic) bond motifs is 1. The number of hydrogen-bond donors (Lipinski definition) is 0. The standard InChI is InChI=1S/C13H18N2O.ClH/c1-14(2)9-8-11-10-15(16-3)13-7-5-4-6-12(11)13;/h4-7,10H,8-9H2,1-3H3;1H. The minimum Gasteiger partial charge on any atom is -0.417 e. The van der Waals surface area contributed by atoms with Gasteiger partial charge in [0.2, 0.25) is 0 Å². The quantitative estimate of drug-likeness (QED) is 0.833. The van der Waals surface area contributed by atoms with E-state index in [9.17, 15) is 0 Å². The van der Waals surface area contributed by atoms with Crippen LogP contribution >= 0.6 is 12.4 Å². The summed E-state index contributed by atoms with van der Waals surface area (Å²) < 4.78 is 1.83. The number of aromatic nitrogens is 1. The molecule has 1 aromatic heterocycles. The van der Waals surface area contributed by atoms with E-state index in [1.807, 2.05) is 10.8 Å². The van der Waals surface area contributed by atoms with Gasteiger partial charge in [0.25, 0.3) is 0 Å². The molecule has 0 fully saturated rings. The third-order valence-corrected chi connectivity index (χ3v) is 2.79. The number of nitrogens with zero attached hydrogens (tertiary/aromatic N) is 2. The minimum absolute atomic E-state index is 0. The molecule has 1 aromatic carbocycles. The highest BCUT2D eigenvalue weighted by Crippen LogP contribution is 2.20. The monoisotopic (exact) mass is 254 g/mol. The molecule has 3 nitrogen and oxygen atoms in total. The van der Waals surface area contributed by atoms with Crippen LogP contribution in [0.15, 0.2) is 30.5 Å². The summed E-state index contributed by atoms with van der Waals surface area (Å²) in [5, 5.41) is 1.28. The van der Waals surface area contributed by atoms with Crippen molar-refractivity contribution in [3.05, 3.63) is 36.0 Å². The Balaban J connectivity index is 0.00000144. The van der Waals surface area contributed by atoms with Gasteiger partial charge in [-0.3, -0.25) is 0 Å². The Morgan fingerprint density at radius 1 is 1.24 bits per heavy atom. The summed E-state index contributed by atoms with van der Waals surface area (Å²) in [5.41, 5.74) is 2.48. The third kappa shape index (κ3) is 2.93. The molecule has 0 atom stereocenters. The zero-order valence-corrected chi connectivity index (χ0v) is 11.3. The van der Waals surface area contributed by atoms with Crippen molar-refractivity contribution in [3.8, 4) is 0 Å². The maximum Gasteiger partial charge on any atom is 0.104 e. The van der Waals surface area contributed by atoms with E-state index < -0.39 is 0 Å². The predicted octanol–water partition coefficient (Wildman–Crippen LogP) is 2.23. The molecule has 0 N–H and O–H groups in total. The van der Waals surface area contributed by atoms with Crippen LogP contribution in [0, 0.1) is 0 Å². The molecule has 0 aliphatic rings. The Bertz CT molecular complexity index is 479. The van der Waals surface area contributed by atoms with E-state index in [2.05, 4.69) is 43.4 Å². The predicted molar refractivity (Wildman–Crippen MR) is 73.9 cm³/mol. The molecule has 0 saturated heterocycles. The van der Waals surface area contributed by atoms with Crippen molar-refractivity contribution < 1.29 is 4.84 Å². The van der Waals surface area contributed by atoms with E-state index in [4.69, 9.17) is 4.84 Å². The summed E-state index contributed by atoms with van der Waals surface area (Å²) >= 11 is 0. The Morgan fingerprint density at radius 3 is 2.59 bits per heavy atom. The highest BCUT2D eigenvalue weighted by Gasteiger charge is 2.07. The van der Waals surface area contributed by atoms with Crippen LogP contribution in [-0.4, -0.2) is 37.4 Å². The summed E-state index contributed by atoms with van der Waals surface area (Å²) in [6.45, 7) is 1.05. The molecule has 0 aliphatic carbocycles. The van der Waals surface area contributed by atoms with Gasteiger partial charge in [-0.05, 0) is 32.1 Å². The molecule has 0 unspecified atom stereocenters. The lowest BCUT2D eigenvalue weighted by atomic mass is 10.1. The van der Waals surface area contributed by atoms with Gasteiger partial charge in [0.05, 0.1) is 5.52 Å². The lowest BCUT2D eigenvalue weighted by Gasteiger charge is -2.07. The molecule has 4 heteroatoms. The number of likely N-dealkylation sites (N-methyl/N-ethyl adjacent to an activating group) is 1. The SMILES string of the molecule is COn1cc(CCN(C)C)c2ccccc21.Cl. The Kier molecular flexibility index (Phi) is 4.85. The maximum absolute atomic E-state index is 5.32. The molecule has 94 valence electrons. The summed E-state index contributed by atoms with van der Waals surface area (Å²) in [5.74, 6) is 0. The second-order valence-corrected chi connectivity index (χ2v) is 4.23. The first-order valence-electron chi connectivity index (χ1n) is 5.50. The molecule has 0 spiro atoms. The second-order valence-electron chi connectivity index (χ2n) is 4.23. The second kappa shape index (κ2) is 5.94. The first kappa shape index (κ1) is 13.9. The van der Waals surface area contributed by atoms with Crippen LogP contribution in [0.1, 0.15) is 5.56 Å². The van der Waals surface area contributed by atoms with E-state index in [-0.39, 0.29) is 12.4 Å². The lowest BCUT2D eigenvalue weighted by Crippen LogP contribution is -2.14. The molecule has 0 bridgehead atoms. The normalized spacial score (nSPS) is 10.6. The van der Waals surface area contributed by atoms with Crippen molar-refractivity contribution in [2.24, 2.45) is 0 Å². The fourth-order valence-electron chi connectivity index (χ4n) is 1.91. The number of para-hydroxylation sites is 1. The smallest absolute Gasteiger partial charge is 0.104 e. The van der Waals surface area contributed by atoms with Gasteiger partial charge >= 0.3 is 0 Å². The van der Waals surface area contributed by atoms with Gasteiger partial charge in [0.15, 0.2) is 0 Å². The Hall–Kier alpha value is -1.19. The number of benzene rings is 1. The van der Waals surface area contributed by atoms with Crippen LogP contribution in [0.4, 0.5) is 0 Å². The molecule has 2 rings (SSSR count). The average molecular weight is 255 g/mol. The summed E-state index contributed by atoms with van der Waals surface area (Å²) in [6, 6.07) is 8.34. The van der Waals surface area contributed by atoms with Crippen LogP contribution in [0.3, 0.4) is 0 Å². The molecular weight excluding hydrogens is 236 g/mol. The summed E-state index contributed by atoms with van der Waals surface area (Å²) in [6.07, 6.45) is 3.12. The number of rotatable bonds is 4. The van der Waals surface area contributed by atoms with Crippen LogP contribution in [-0.2, 0) is 6.42 Å². The minimum atomic E-state index is 0. The van der Waals surface area contributed by atoms with E-state index >= 15 is 0 Å². The van der Waals surface area contributed by atoms with Crippen LogP contribution in [0.25, 0.3) is 10.9 Å². The molecule has 1 heterocycles. The average Bonchev–Trinajstić information content (AvgIpc) is 2.65. The van der Waals surface area contributed by atoms with E-state index in [1.165, 1.54) is 10.9 Å². The molecular formula is C13H19ClN2O. The third-order valence-electron chi connectivity index (χ3n) is 2.79. The topological polar surface area (TPSA) is 17.4 Å². The van der Waals surface area contributed by atoms with Gasteiger partial charge in [-0.1, -0.05) is 18.2 Å². The Labute approximate surface area is 108 Å². The first-order chi connectivity index (χ1) is 7.72. The molecule has 17 heavy (non-hydrogen) atoms. The van der Waals surface area contributed by atoms with E-state index in [0.29, 0.717) is 0 Å². The molecule has 2 aromatic rings. The van der Waals surface area contributed by atoms with Gasteiger partial charge in [0.1, 0.15) is 7.11 Å². The van der Waals surface area contributed by atoms with Crippen LogP contribution in [0.5, 0.6) is 0 Å². The van der Waals surface area contributed by atoms with Crippen molar-refractivity contribution in [1.29, 1.82) is 0 Å². The molecule has 0 radical (unpaired) electrons. The molecule has 0 amide bonds. The molecule has 0 saturated carbocycles. The number of halogens is 1. The van der Waals surface area contributed by atoms with Crippen molar-refractivity contribution in [1.82, 2.24) is 9.63 Å². The highest BCUT2D eigenvalue weighted by molar-refractivity contribution is 5.85. The zero-order chi connectivity index (χ0) is 11.5. The maximum atomic E-state index is 5.32. The fraction of sp³-hybridized carbons (Fsp3) is 0.385. The van der Waals surface area contributed by atoms with Crippen molar-refractivity contribution in [2.75, 3.05) is 27.7 Å².